The Labute approximate surface area is 86.3 Å². The lowest BCUT2D eigenvalue weighted by Gasteiger charge is -2.18. The Morgan fingerprint density at radius 1 is 1.36 bits per heavy atom. The maximum Gasteiger partial charge on any atom is 0.150 e. The van der Waals surface area contributed by atoms with Gasteiger partial charge in [0.2, 0.25) is 0 Å². The third kappa shape index (κ3) is 2.76. The smallest absolute Gasteiger partial charge is 0.150 e. The highest BCUT2D eigenvalue weighted by Gasteiger charge is 2.12. The van der Waals surface area contributed by atoms with Gasteiger partial charge in [-0.2, -0.15) is 5.10 Å². The second-order valence-electron chi connectivity index (χ2n) is 4.94. The summed E-state index contributed by atoms with van der Waals surface area (Å²) in [6.07, 6.45) is 1.01. The Morgan fingerprint density at radius 2 is 2.00 bits per heavy atom. The quantitative estimate of drug-likeness (QED) is 0.778. The van der Waals surface area contributed by atoms with Crippen LogP contribution < -0.4 is 5.32 Å². The van der Waals surface area contributed by atoms with Crippen LogP contribution in [0.3, 0.4) is 0 Å². The summed E-state index contributed by atoms with van der Waals surface area (Å²) in [5.74, 6) is 0.997. The molecule has 0 saturated carbocycles. The molecule has 0 atom stereocenters. The van der Waals surface area contributed by atoms with E-state index in [9.17, 15) is 0 Å². The van der Waals surface area contributed by atoms with E-state index >= 15 is 0 Å². The van der Waals surface area contributed by atoms with Crippen LogP contribution in [0.15, 0.2) is 0 Å². The van der Waals surface area contributed by atoms with Crippen LogP contribution in [0.25, 0.3) is 0 Å². The molecule has 0 spiro atoms. The lowest BCUT2D eigenvalue weighted by Crippen LogP contribution is -2.19. The minimum atomic E-state index is 0.289. The van der Waals surface area contributed by atoms with Gasteiger partial charge in [-0.1, -0.05) is 27.7 Å². The van der Waals surface area contributed by atoms with Gasteiger partial charge in [0.25, 0.3) is 0 Å². The van der Waals surface area contributed by atoms with Crippen molar-refractivity contribution < 1.29 is 0 Å². The van der Waals surface area contributed by atoms with Crippen LogP contribution in [0.2, 0.25) is 0 Å². The van der Waals surface area contributed by atoms with Gasteiger partial charge < -0.3 is 5.32 Å². The third-order valence-electron chi connectivity index (χ3n) is 2.25. The van der Waals surface area contributed by atoms with Crippen molar-refractivity contribution in [3.8, 4) is 0 Å². The van der Waals surface area contributed by atoms with Gasteiger partial charge in [0.1, 0.15) is 0 Å². The van der Waals surface area contributed by atoms with Gasteiger partial charge in [-0.25, -0.2) is 0 Å². The molecule has 1 aromatic rings. The van der Waals surface area contributed by atoms with E-state index < -0.39 is 0 Å². The van der Waals surface area contributed by atoms with E-state index in [2.05, 4.69) is 50.1 Å². The van der Waals surface area contributed by atoms with E-state index in [1.165, 1.54) is 11.3 Å². The Balaban J connectivity index is 2.64. The number of H-pyrrole nitrogens is 1. The first-order chi connectivity index (χ1) is 6.44. The highest BCUT2D eigenvalue weighted by Crippen LogP contribution is 2.18. The van der Waals surface area contributed by atoms with Gasteiger partial charge in [-0.05, 0) is 18.8 Å². The molecule has 3 heteroatoms. The van der Waals surface area contributed by atoms with Gasteiger partial charge in [-0.15, -0.1) is 0 Å². The summed E-state index contributed by atoms with van der Waals surface area (Å²) >= 11 is 0. The molecule has 0 bridgehead atoms. The fraction of sp³-hybridized carbons (Fsp3) is 0.727. The molecule has 0 aliphatic rings. The van der Waals surface area contributed by atoms with E-state index in [1.54, 1.807) is 0 Å². The largest absolute Gasteiger partial charge is 0.368 e. The molecule has 3 nitrogen and oxygen atoms in total. The van der Waals surface area contributed by atoms with Crippen LogP contribution in [0.4, 0.5) is 5.82 Å². The van der Waals surface area contributed by atoms with E-state index in [0.29, 0.717) is 0 Å². The van der Waals surface area contributed by atoms with Gasteiger partial charge in [0, 0.05) is 17.8 Å². The summed E-state index contributed by atoms with van der Waals surface area (Å²) in [7, 11) is 0. The molecule has 0 aromatic carbocycles. The average molecular weight is 195 g/mol. The fourth-order valence-electron chi connectivity index (χ4n) is 1.30. The van der Waals surface area contributed by atoms with E-state index in [-0.39, 0.29) is 5.41 Å². The molecule has 14 heavy (non-hydrogen) atoms. The molecule has 1 aromatic heterocycles. The van der Waals surface area contributed by atoms with Crippen molar-refractivity contribution in [2.24, 2.45) is 5.41 Å². The van der Waals surface area contributed by atoms with Crippen molar-refractivity contribution in [2.75, 3.05) is 11.9 Å². The maximum absolute atomic E-state index is 4.25. The summed E-state index contributed by atoms with van der Waals surface area (Å²) in [4.78, 5) is 0. The molecule has 0 unspecified atom stereocenters. The molecule has 80 valence electrons. The van der Waals surface area contributed by atoms with Crippen molar-refractivity contribution in [3.63, 3.8) is 0 Å². The second-order valence-corrected chi connectivity index (χ2v) is 4.94. The monoisotopic (exact) mass is 195 g/mol. The first-order valence-electron chi connectivity index (χ1n) is 5.21. The van der Waals surface area contributed by atoms with Crippen molar-refractivity contribution in [3.05, 3.63) is 11.3 Å². The molecule has 1 rings (SSSR count). The average Bonchev–Trinajstić information content (AvgIpc) is 2.42. The molecular formula is C11H21N3. The SMILES string of the molecule is CCc1[nH]nc(NCC(C)(C)C)c1C. The van der Waals surface area contributed by atoms with Gasteiger partial charge in [-0.3, -0.25) is 5.10 Å². The maximum atomic E-state index is 4.25. The zero-order chi connectivity index (χ0) is 10.8. The lowest BCUT2D eigenvalue weighted by molar-refractivity contribution is 0.442. The highest BCUT2D eigenvalue weighted by atomic mass is 15.2. The summed E-state index contributed by atoms with van der Waals surface area (Å²) in [5, 5.41) is 10.7. The number of rotatable bonds is 3. The molecule has 2 N–H and O–H groups in total. The summed E-state index contributed by atoms with van der Waals surface area (Å²) in [5.41, 5.74) is 2.76. The van der Waals surface area contributed by atoms with E-state index in [1.807, 2.05) is 0 Å². The number of aryl methyl sites for hydroxylation is 1. The van der Waals surface area contributed by atoms with Gasteiger partial charge in [0.15, 0.2) is 5.82 Å². The zero-order valence-electron chi connectivity index (χ0n) is 9.86. The van der Waals surface area contributed by atoms with Crippen molar-refractivity contribution in [1.29, 1.82) is 0 Å². The zero-order valence-corrected chi connectivity index (χ0v) is 9.86. The van der Waals surface area contributed by atoms with Crippen LogP contribution in [0, 0.1) is 12.3 Å². The minimum Gasteiger partial charge on any atom is -0.368 e. The van der Waals surface area contributed by atoms with Gasteiger partial charge >= 0.3 is 0 Å². The number of aromatic amines is 1. The first-order valence-corrected chi connectivity index (χ1v) is 5.21. The van der Waals surface area contributed by atoms with Gasteiger partial charge in [0.05, 0.1) is 0 Å². The van der Waals surface area contributed by atoms with E-state index in [0.717, 1.165) is 18.8 Å². The summed E-state index contributed by atoms with van der Waals surface area (Å²) < 4.78 is 0. The number of anilines is 1. The van der Waals surface area contributed by atoms with Crippen LogP contribution >= 0.6 is 0 Å². The number of nitrogens with zero attached hydrogens (tertiary/aromatic N) is 1. The molecule has 1 heterocycles. The topological polar surface area (TPSA) is 40.7 Å². The van der Waals surface area contributed by atoms with Crippen molar-refractivity contribution >= 4 is 5.82 Å². The predicted octanol–water partition coefficient (Wildman–Crippen LogP) is 2.74. The van der Waals surface area contributed by atoms with Crippen molar-refractivity contribution in [2.45, 2.75) is 41.0 Å². The summed E-state index contributed by atoms with van der Waals surface area (Å²) in [6, 6.07) is 0. The molecule has 0 fully saturated rings. The number of hydrogen-bond acceptors (Lipinski definition) is 2. The Morgan fingerprint density at radius 3 is 2.43 bits per heavy atom. The van der Waals surface area contributed by atoms with Crippen LogP contribution in [0.5, 0.6) is 0 Å². The fourth-order valence-corrected chi connectivity index (χ4v) is 1.30. The Hall–Kier alpha value is -0.990. The number of hydrogen-bond donors (Lipinski definition) is 2. The standard InChI is InChI=1S/C11H21N3/c1-6-9-8(2)10(14-13-9)12-7-11(3,4)5/h6-7H2,1-5H3,(H2,12,13,14). The van der Waals surface area contributed by atoms with Crippen molar-refractivity contribution in [1.82, 2.24) is 10.2 Å². The Kier molecular flexibility index (Phi) is 3.19. The highest BCUT2D eigenvalue weighted by molar-refractivity contribution is 5.45. The number of aromatic nitrogens is 2. The summed E-state index contributed by atoms with van der Waals surface area (Å²) in [6.45, 7) is 11.8. The third-order valence-corrected chi connectivity index (χ3v) is 2.25. The van der Waals surface area contributed by atoms with Crippen LogP contribution in [0.1, 0.15) is 39.0 Å². The Bertz CT molecular complexity index is 294. The molecule has 0 radical (unpaired) electrons. The molecular weight excluding hydrogens is 174 g/mol. The number of nitrogens with one attached hydrogen (secondary N) is 2. The molecule has 0 aliphatic carbocycles. The van der Waals surface area contributed by atoms with E-state index in [4.69, 9.17) is 0 Å². The lowest BCUT2D eigenvalue weighted by atomic mass is 9.97. The molecule has 0 saturated heterocycles. The predicted molar refractivity (Wildman–Crippen MR) is 60.6 cm³/mol. The normalized spacial score (nSPS) is 11.8. The molecule has 0 aliphatic heterocycles. The molecule has 0 amide bonds. The first kappa shape index (κ1) is 11.1. The van der Waals surface area contributed by atoms with Crippen LogP contribution in [-0.4, -0.2) is 16.7 Å². The minimum absolute atomic E-state index is 0.289. The second kappa shape index (κ2) is 4.03. The van der Waals surface area contributed by atoms with Crippen LogP contribution in [-0.2, 0) is 6.42 Å².